The molecule has 0 saturated carbocycles. The largest absolute Gasteiger partial charge is 0.507 e. The highest BCUT2D eigenvalue weighted by atomic mass is 16.5. The van der Waals surface area contributed by atoms with Crippen LogP contribution in [0.25, 0.3) is 16.5 Å². The number of benzene rings is 4. The van der Waals surface area contributed by atoms with Gasteiger partial charge in [0.1, 0.15) is 17.3 Å². The van der Waals surface area contributed by atoms with Crippen LogP contribution in [0.5, 0.6) is 11.5 Å². The van der Waals surface area contributed by atoms with Crippen LogP contribution in [0.2, 0.25) is 0 Å². The Hall–Kier alpha value is -4.58. The number of methoxy groups -OCH3 is 1. The van der Waals surface area contributed by atoms with Crippen LogP contribution in [-0.4, -0.2) is 30.0 Å². The third kappa shape index (κ3) is 4.42. The highest BCUT2D eigenvalue weighted by molar-refractivity contribution is 6.51. The zero-order chi connectivity index (χ0) is 26.1. The van der Waals surface area contributed by atoms with Crippen molar-refractivity contribution in [3.05, 3.63) is 108 Å². The molecular weight excluding hydrogens is 466 g/mol. The molecule has 1 unspecified atom stereocenters. The number of fused-ring (bicyclic) bond motifs is 1. The van der Waals surface area contributed by atoms with Crippen molar-refractivity contribution in [3.8, 4) is 11.5 Å². The van der Waals surface area contributed by atoms with E-state index in [0.717, 1.165) is 10.8 Å². The van der Waals surface area contributed by atoms with E-state index < -0.39 is 17.7 Å². The minimum atomic E-state index is -0.873. The standard InChI is InChI=1S/C31H27NO5/c1-19(2)37-24-14-6-11-21(17-24)28-27(29(33)26-16-7-10-20-9-4-5-15-25(20)26)30(34)31(35)32(28)22-12-8-13-23(18-22)36-3/h4-19,28,33H,1-3H3/b29-27-. The molecule has 4 aromatic carbocycles. The summed E-state index contributed by atoms with van der Waals surface area (Å²) in [5, 5.41) is 13.3. The van der Waals surface area contributed by atoms with Gasteiger partial charge in [-0.05, 0) is 54.4 Å². The Kier molecular flexibility index (Phi) is 6.40. The molecule has 1 amide bonds. The fourth-order valence-corrected chi connectivity index (χ4v) is 4.78. The van der Waals surface area contributed by atoms with E-state index >= 15 is 0 Å². The first-order valence-corrected chi connectivity index (χ1v) is 12.1. The van der Waals surface area contributed by atoms with E-state index in [1.165, 1.54) is 12.0 Å². The van der Waals surface area contributed by atoms with Crippen molar-refractivity contribution < 1.29 is 24.2 Å². The average molecular weight is 494 g/mol. The summed E-state index contributed by atoms with van der Waals surface area (Å²) in [6, 6.07) is 26.5. The zero-order valence-electron chi connectivity index (χ0n) is 20.8. The number of anilines is 1. The van der Waals surface area contributed by atoms with E-state index in [1.54, 1.807) is 36.4 Å². The van der Waals surface area contributed by atoms with Gasteiger partial charge in [-0.3, -0.25) is 14.5 Å². The Balaban J connectivity index is 1.76. The monoisotopic (exact) mass is 493 g/mol. The number of carbonyl (C=O) groups is 2. The number of nitrogens with zero attached hydrogens (tertiary/aromatic N) is 1. The SMILES string of the molecule is COc1cccc(N2C(=O)C(=O)/C(=C(\O)c3cccc4ccccc34)C2c2cccc(OC(C)C)c2)c1. The Morgan fingerprint density at radius 1 is 0.865 bits per heavy atom. The lowest BCUT2D eigenvalue weighted by Gasteiger charge is -2.26. The average Bonchev–Trinajstić information content (AvgIpc) is 3.18. The summed E-state index contributed by atoms with van der Waals surface area (Å²) in [7, 11) is 1.54. The van der Waals surface area contributed by atoms with Gasteiger partial charge in [0.2, 0.25) is 0 Å². The highest BCUT2D eigenvalue weighted by Gasteiger charge is 2.47. The van der Waals surface area contributed by atoms with Crippen LogP contribution in [0.1, 0.15) is 31.0 Å². The van der Waals surface area contributed by atoms with Gasteiger partial charge in [-0.1, -0.05) is 60.7 Å². The molecule has 1 heterocycles. The van der Waals surface area contributed by atoms with Crippen molar-refractivity contribution in [3.63, 3.8) is 0 Å². The number of aliphatic hydroxyl groups excluding tert-OH is 1. The first-order chi connectivity index (χ1) is 17.9. The number of hydrogen-bond acceptors (Lipinski definition) is 5. The van der Waals surface area contributed by atoms with Gasteiger partial charge >= 0.3 is 0 Å². The molecule has 5 rings (SSSR count). The predicted molar refractivity (Wildman–Crippen MR) is 144 cm³/mol. The van der Waals surface area contributed by atoms with Gasteiger partial charge in [0.15, 0.2) is 0 Å². The van der Waals surface area contributed by atoms with E-state index in [2.05, 4.69) is 0 Å². The van der Waals surface area contributed by atoms with Gasteiger partial charge in [0.05, 0.1) is 24.8 Å². The maximum absolute atomic E-state index is 13.6. The van der Waals surface area contributed by atoms with Crippen LogP contribution in [-0.2, 0) is 9.59 Å². The Morgan fingerprint density at radius 2 is 1.57 bits per heavy atom. The molecule has 0 aromatic heterocycles. The van der Waals surface area contributed by atoms with Gasteiger partial charge < -0.3 is 14.6 Å². The number of ether oxygens (including phenoxy) is 2. The summed E-state index contributed by atoms with van der Waals surface area (Å²) in [6.45, 7) is 3.85. The van der Waals surface area contributed by atoms with Crippen LogP contribution < -0.4 is 14.4 Å². The molecule has 6 nitrogen and oxygen atoms in total. The summed E-state index contributed by atoms with van der Waals surface area (Å²) >= 11 is 0. The molecule has 1 N–H and O–H groups in total. The summed E-state index contributed by atoms with van der Waals surface area (Å²) in [6.07, 6.45) is -0.0596. The number of ketones is 1. The highest BCUT2D eigenvalue weighted by Crippen LogP contribution is 2.44. The molecule has 0 aliphatic carbocycles. The number of rotatable bonds is 6. The van der Waals surface area contributed by atoms with Crippen LogP contribution in [0, 0.1) is 0 Å². The Bertz CT molecular complexity index is 1530. The minimum absolute atomic E-state index is 0.0193. The number of carbonyl (C=O) groups excluding carboxylic acids is 2. The first-order valence-electron chi connectivity index (χ1n) is 12.1. The molecule has 186 valence electrons. The van der Waals surface area contributed by atoms with Crippen molar-refractivity contribution in [1.29, 1.82) is 0 Å². The number of hydrogen-bond donors (Lipinski definition) is 1. The summed E-state index contributed by atoms with van der Waals surface area (Å²) < 4.78 is 11.3. The van der Waals surface area contributed by atoms with Crippen molar-refractivity contribution in [1.82, 2.24) is 0 Å². The Morgan fingerprint density at radius 3 is 2.35 bits per heavy atom. The second-order valence-corrected chi connectivity index (χ2v) is 9.14. The van der Waals surface area contributed by atoms with Crippen molar-refractivity contribution in [2.45, 2.75) is 26.0 Å². The van der Waals surface area contributed by atoms with E-state index in [1.807, 2.05) is 68.4 Å². The fraction of sp³-hybridized carbons (Fsp3) is 0.161. The quantitative estimate of drug-likeness (QED) is 0.195. The van der Waals surface area contributed by atoms with Crippen LogP contribution in [0.15, 0.2) is 96.6 Å². The van der Waals surface area contributed by atoms with Crippen LogP contribution in [0.4, 0.5) is 5.69 Å². The molecule has 37 heavy (non-hydrogen) atoms. The third-order valence-corrected chi connectivity index (χ3v) is 6.37. The van der Waals surface area contributed by atoms with Crippen molar-refractivity contribution in [2.75, 3.05) is 12.0 Å². The maximum atomic E-state index is 13.6. The molecule has 0 radical (unpaired) electrons. The second kappa shape index (κ2) is 9.82. The molecule has 4 aromatic rings. The van der Waals surface area contributed by atoms with E-state index in [9.17, 15) is 14.7 Å². The smallest absolute Gasteiger partial charge is 0.300 e. The van der Waals surface area contributed by atoms with Crippen molar-refractivity contribution in [2.24, 2.45) is 0 Å². The number of amides is 1. The lowest BCUT2D eigenvalue weighted by molar-refractivity contribution is -0.132. The molecule has 1 aliphatic heterocycles. The predicted octanol–water partition coefficient (Wildman–Crippen LogP) is 6.26. The molecule has 1 atom stereocenters. The van der Waals surface area contributed by atoms with Gasteiger partial charge in [0.25, 0.3) is 11.7 Å². The summed E-state index contributed by atoms with van der Waals surface area (Å²) in [5.41, 5.74) is 1.63. The van der Waals surface area contributed by atoms with E-state index in [4.69, 9.17) is 9.47 Å². The molecule has 1 aliphatic rings. The van der Waals surface area contributed by atoms with Gasteiger partial charge in [0, 0.05) is 17.3 Å². The normalized spacial score (nSPS) is 17.0. The van der Waals surface area contributed by atoms with Gasteiger partial charge in [-0.25, -0.2) is 0 Å². The maximum Gasteiger partial charge on any atom is 0.300 e. The van der Waals surface area contributed by atoms with Crippen molar-refractivity contribution >= 4 is 33.9 Å². The third-order valence-electron chi connectivity index (χ3n) is 6.37. The molecular formula is C31H27NO5. The van der Waals surface area contributed by atoms with Crippen LogP contribution >= 0.6 is 0 Å². The Labute approximate surface area is 215 Å². The lowest BCUT2D eigenvalue weighted by Crippen LogP contribution is -2.29. The summed E-state index contributed by atoms with van der Waals surface area (Å²) in [5.74, 6) is -0.553. The molecule has 1 fully saturated rings. The first kappa shape index (κ1) is 24.1. The molecule has 6 heteroatoms. The fourth-order valence-electron chi connectivity index (χ4n) is 4.78. The number of Topliss-reactive ketones (excluding diaryl/α,β-unsaturated/α-hetero) is 1. The molecule has 1 saturated heterocycles. The topological polar surface area (TPSA) is 76.1 Å². The van der Waals surface area contributed by atoms with Gasteiger partial charge in [-0.15, -0.1) is 0 Å². The van der Waals surface area contributed by atoms with Crippen LogP contribution in [0.3, 0.4) is 0 Å². The summed E-state index contributed by atoms with van der Waals surface area (Å²) in [4.78, 5) is 28.5. The lowest BCUT2D eigenvalue weighted by atomic mass is 9.93. The minimum Gasteiger partial charge on any atom is -0.507 e. The molecule has 0 bridgehead atoms. The number of aliphatic hydroxyl groups is 1. The zero-order valence-corrected chi connectivity index (χ0v) is 20.8. The van der Waals surface area contributed by atoms with E-state index in [-0.39, 0.29) is 17.4 Å². The van der Waals surface area contributed by atoms with E-state index in [0.29, 0.717) is 28.3 Å². The second-order valence-electron chi connectivity index (χ2n) is 9.14. The van der Waals surface area contributed by atoms with Gasteiger partial charge in [-0.2, -0.15) is 0 Å². The molecule has 0 spiro atoms.